The molecule has 2 aliphatic rings. The molecule has 0 fully saturated rings. The summed E-state index contributed by atoms with van der Waals surface area (Å²) in [4.78, 5) is 10.7. The molecule has 10 aromatic rings. The van der Waals surface area contributed by atoms with Gasteiger partial charge < -0.3 is 0 Å². The van der Waals surface area contributed by atoms with Crippen molar-refractivity contribution in [3.05, 3.63) is 216 Å². The maximum absolute atomic E-state index is 5.38. The van der Waals surface area contributed by atoms with E-state index in [0.29, 0.717) is 0 Å². The number of rotatable bonds is 5. The summed E-state index contributed by atoms with van der Waals surface area (Å²) in [6.45, 7) is 9.46. The largest absolute Gasteiger partial charge is 0.228 e. The quantitative estimate of drug-likeness (QED) is 0.173. The van der Waals surface area contributed by atoms with Gasteiger partial charge in [-0.1, -0.05) is 191 Å². The number of benzene rings is 9. The van der Waals surface area contributed by atoms with Crippen LogP contribution in [0.25, 0.3) is 100.0 Å². The third-order valence-electron chi connectivity index (χ3n) is 13.9. The van der Waals surface area contributed by atoms with Crippen LogP contribution in [0.5, 0.6) is 0 Å². The van der Waals surface area contributed by atoms with Crippen molar-refractivity contribution < 1.29 is 0 Å². The van der Waals surface area contributed by atoms with Gasteiger partial charge in [-0.2, -0.15) is 0 Å². The van der Waals surface area contributed by atoms with Crippen molar-refractivity contribution in [1.29, 1.82) is 0 Å². The standard InChI is InChI=1S/C60H44N2/c1-59(2)51-25-15-24-49(57(51)50-32-39-20-11-12-21-40(39)33-54(50)59)56-36-55(61-58(62-56)38-18-9-6-10-19-38)48-31-30-43(44-22-13-14-23-45(44)48)42-27-29-47-46-28-26-41(37-16-7-5-8-17-37)34-52(46)60(3,4)53(47)35-42/h5-36H,1-4H3. The lowest BCUT2D eigenvalue weighted by molar-refractivity contribution is 0.661. The minimum atomic E-state index is -0.157. The average molecular weight is 793 g/mol. The van der Waals surface area contributed by atoms with Gasteiger partial charge in [0.25, 0.3) is 0 Å². The Bertz CT molecular complexity index is 3450. The first kappa shape index (κ1) is 36.4. The molecule has 2 nitrogen and oxygen atoms in total. The molecule has 0 radical (unpaired) electrons. The van der Waals surface area contributed by atoms with Crippen LogP contribution >= 0.6 is 0 Å². The zero-order chi connectivity index (χ0) is 41.7. The Morgan fingerprint density at radius 1 is 0.306 bits per heavy atom. The molecule has 0 spiro atoms. The van der Waals surface area contributed by atoms with E-state index in [9.17, 15) is 0 Å². The van der Waals surface area contributed by atoms with Crippen LogP contribution < -0.4 is 0 Å². The summed E-state index contributed by atoms with van der Waals surface area (Å²) in [5, 5.41) is 4.89. The molecular weight excluding hydrogens is 749 g/mol. The van der Waals surface area contributed by atoms with Crippen LogP contribution in [0.2, 0.25) is 0 Å². The molecule has 0 aliphatic heterocycles. The number of nitrogens with zero attached hydrogens (tertiary/aromatic N) is 2. The predicted octanol–water partition coefficient (Wildman–Crippen LogP) is 15.7. The number of fused-ring (bicyclic) bond motifs is 8. The fourth-order valence-electron chi connectivity index (χ4n) is 10.6. The van der Waals surface area contributed by atoms with Crippen molar-refractivity contribution in [2.45, 2.75) is 38.5 Å². The zero-order valence-corrected chi connectivity index (χ0v) is 35.4. The molecule has 0 saturated heterocycles. The van der Waals surface area contributed by atoms with E-state index >= 15 is 0 Å². The second-order valence-electron chi connectivity index (χ2n) is 18.1. The van der Waals surface area contributed by atoms with Crippen LogP contribution in [0.4, 0.5) is 0 Å². The lowest BCUT2D eigenvalue weighted by Crippen LogP contribution is -2.15. The minimum absolute atomic E-state index is 0.146. The molecule has 1 heterocycles. The zero-order valence-electron chi connectivity index (χ0n) is 35.4. The minimum Gasteiger partial charge on any atom is -0.228 e. The predicted molar refractivity (Wildman–Crippen MR) is 259 cm³/mol. The maximum atomic E-state index is 5.38. The summed E-state index contributed by atoms with van der Waals surface area (Å²) < 4.78 is 0. The first-order valence-corrected chi connectivity index (χ1v) is 21.7. The first-order chi connectivity index (χ1) is 30.2. The van der Waals surface area contributed by atoms with Crippen molar-refractivity contribution >= 4 is 21.5 Å². The fourth-order valence-corrected chi connectivity index (χ4v) is 10.6. The van der Waals surface area contributed by atoms with E-state index in [4.69, 9.17) is 9.97 Å². The van der Waals surface area contributed by atoms with Crippen molar-refractivity contribution in [2.24, 2.45) is 0 Å². The lowest BCUT2D eigenvalue weighted by atomic mass is 9.80. The third-order valence-corrected chi connectivity index (χ3v) is 13.9. The Morgan fingerprint density at radius 3 is 1.53 bits per heavy atom. The molecule has 0 N–H and O–H groups in total. The van der Waals surface area contributed by atoms with Gasteiger partial charge in [-0.05, 0) is 119 Å². The molecule has 1 aromatic heterocycles. The molecule has 0 saturated carbocycles. The molecule has 0 bridgehead atoms. The second-order valence-corrected chi connectivity index (χ2v) is 18.1. The molecule has 62 heavy (non-hydrogen) atoms. The van der Waals surface area contributed by atoms with Gasteiger partial charge in [0.05, 0.1) is 11.4 Å². The fraction of sp³-hybridized carbons (Fsp3) is 0.100. The molecule has 2 aliphatic carbocycles. The van der Waals surface area contributed by atoms with Gasteiger partial charge in [0.2, 0.25) is 0 Å². The molecule has 9 aromatic carbocycles. The van der Waals surface area contributed by atoms with Gasteiger partial charge in [-0.3, -0.25) is 0 Å². The highest BCUT2D eigenvalue weighted by Gasteiger charge is 2.38. The summed E-state index contributed by atoms with van der Waals surface area (Å²) in [6.07, 6.45) is 0. The van der Waals surface area contributed by atoms with E-state index < -0.39 is 0 Å². The molecule has 0 unspecified atom stereocenters. The average Bonchev–Trinajstić information content (AvgIpc) is 3.69. The summed E-state index contributed by atoms with van der Waals surface area (Å²) in [5.41, 5.74) is 20.3. The summed E-state index contributed by atoms with van der Waals surface area (Å²) in [5.74, 6) is 0.718. The monoisotopic (exact) mass is 792 g/mol. The highest BCUT2D eigenvalue weighted by atomic mass is 14.9. The number of aromatic nitrogens is 2. The van der Waals surface area contributed by atoms with Crippen LogP contribution in [0.1, 0.15) is 49.9 Å². The summed E-state index contributed by atoms with van der Waals surface area (Å²) in [6, 6.07) is 71.1. The summed E-state index contributed by atoms with van der Waals surface area (Å²) >= 11 is 0. The van der Waals surface area contributed by atoms with Crippen LogP contribution in [0.15, 0.2) is 194 Å². The maximum Gasteiger partial charge on any atom is 0.160 e. The Hall–Kier alpha value is -7.42. The van der Waals surface area contributed by atoms with Crippen molar-refractivity contribution in [1.82, 2.24) is 9.97 Å². The Balaban J connectivity index is 1.01. The van der Waals surface area contributed by atoms with Crippen LogP contribution in [-0.4, -0.2) is 9.97 Å². The van der Waals surface area contributed by atoms with Crippen molar-refractivity contribution in [2.75, 3.05) is 0 Å². The van der Waals surface area contributed by atoms with Gasteiger partial charge in [0, 0.05) is 27.5 Å². The van der Waals surface area contributed by atoms with E-state index in [1.807, 2.05) is 0 Å². The van der Waals surface area contributed by atoms with E-state index in [1.54, 1.807) is 0 Å². The van der Waals surface area contributed by atoms with E-state index in [0.717, 1.165) is 33.9 Å². The molecule has 0 amide bonds. The topological polar surface area (TPSA) is 25.8 Å². The van der Waals surface area contributed by atoms with Crippen LogP contribution in [0.3, 0.4) is 0 Å². The van der Waals surface area contributed by atoms with E-state index in [2.05, 4.69) is 222 Å². The highest BCUT2D eigenvalue weighted by Crippen LogP contribution is 2.54. The lowest BCUT2D eigenvalue weighted by Gasteiger charge is -2.23. The first-order valence-electron chi connectivity index (χ1n) is 21.7. The molecule has 0 atom stereocenters. The molecule has 294 valence electrons. The smallest absolute Gasteiger partial charge is 0.160 e. The van der Waals surface area contributed by atoms with Crippen molar-refractivity contribution in [3.63, 3.8) is 0 Å². The van der Waals surface area contributed by atoms with E-state index in [1.165, 1.54) is 88.3 Å². The summed E-state index contributed by atoms with van der Waals surface area (Å²) in [7, 11) is 0. The van der Waals surface area contributed by atoms with Crippen molar-refractivity contribution in [3.8, 4) is 78.4 Å². The SMILES string of the molecule is CC1(C)c2cc(-c3ccccc3)ccc2-c2ccc(-c3ccc(-c4cc(-c5cccc6c5-c5cc7ccccc7cc5C6(C)C)nc(-c5ccccc5)n4)c4ccccc34)cc21. The Morgan fingerprint density at radius 2 is 0.823 bits per heavy atom. The normalized spacial score (nSPS) is 14.1. The number of hydrogen-bond donors (Lipinski definition) is 0. The van der Waals surface area contributed by atoms with Gasteiger partial charge in [-0.15, -0.1) is 0 Å². The second kappa shape index (κ2) is 13.5. The third kappa shape index (κ3) is 5.49. The molecule has 12 rings (SSSR count). The van der Waals surface area contributed by atoms with Gasteiger partial charge in [0.1, 0.15) is 0 Å². The van der Waals surface area contributed by atoms with Gasteiger partial charge in [0.15, 0.2) is 5.82 Å². The Labute approximate surface area is 363 Å². The van der Waals surface area contributed by atoms with Gasteiger partial charge >= 0.3 is 0 Å². The van der Waals surface area contributed by atoms with E-state index in [-0.39, 0.29) is 10.8 Å². The Kier molecular flexibility index (Phi) is 7.96. The van der Waals surface area contributed by atoms with Crippen LogP contribution in [-0.2, 0) is 10.8 Å². The van der Waals surface area contributed by atoms with Crippen LogP contribution in [0, 0.1) is 0 Å². The highest BCUT2D eigenvalue weighted by molar-refractivity contribution is 6.06. The molecule has 2 heteroatoms. The molecular formula is C60H44N2. The van der Waals surface area contributed by atoms with Gasteiger partial charge in [-0.25, -0.2) is 9.97 Å². The number of hydrogen-bond acceptors (Lipinski definition) is 2.